The van der Waals surface area contributed by atoms with Gasteiger partial charge >= 0.3 is 0 Å². The molecule has 3 aromatic carbocycles. The number of benzene rings is 3. The molecule has 0 heterocycles. The molecule has 11 heteroatoms. The highest BCUT2D eigenvalue weighted by Gasteiger charge is 2.33. The van der Waals surface area contributed by atoms with E-state index in [2.05, 4.69) is 5.32 Å². The molecule has 1 N–H and O–H groups in total. The molecule has 0 unspecified atom stereocenters. The van der Waals surface area contributed by atoms with Gasteiger partial charge < -0.3 is 10.2 Å². The van der Waals surface area contributed by atoms with E-state index in [4.69, 9.17) is 23.2 Å². The zero-order valence-electron chi connectivity index (χ0n) is 21.8. The summed E-state index contributed by atoms with van der Waals surface area (Å²) >= 11 is 12.4. The van der Waals surface area contributed by atoms with E-state index >= 15 is 0 Å². The predicted octanol–water partition coefficient (Wildman–Crippen LogP) is 5.52. The number of amides is 2. The van der Waals surface area contributed by atoms with Gasteiger partial charge in [-0.15, -0.1) is 0 Å². The van der Waals surface area contributed by atoms with Crippen molar-refractivity contribution in [2.45, 2.75) is 38.3 Å². The van der Waals surface area contributed by atoms with Gasteiger partial charge in [0, 0.05) is 23.7 Å². The van der Waals surface area contributed by atoms with Crippen LogP contribution in [0.4, 0.5) is 10.1 Å². The van der Waals surface area contributed by atoms with Gasteiger partial charge in [0.1, 0.15) is 18.4 Å². The predicted molar refractivity (Wildman–Crippen MR) is 152 cm³/mol. The van der Waals surface area contributed by atoms with E-state index in [1.807, 2.05) is 13.8 Å². The Hall–Kier alpha value is -3.14. The summed E-state index contributed by atoms with van der Waals surface area (Å²) in [6.45, 7) is 4.79. The van der Waals surface area contributed by atoms with Crippen LogP contribution in [0, 0.1) is 11.7 Å². The zero-order valence-corrected chi connectivity index (χ0v) is 24.1. The van der Waals surface area contributed by atoms with Crippen molar-refractivity contribution in [2.75, 3.05) is 17.4 Å². The molecule has 0 aromatic heterocycles. The van der Waals surface area contributed by atoms with Crippen LogP contribution in [0.2, 0.25) is 10.0 Å². The van der Waals surface area contributed by atoms with E-state index in [0.29, 0.717) is 6.54 Å². The summed E-state index contributed by atoms with van der Waals surface area (Å²) < 4.78 is 42.9. The summed E-state index contributed by atoms with van der Waals surface area (Å²) in [5.41, 5.74) is 0.206. The highest BCUT2D eigenvalue weighted by atomic mass is 35.5. The minimum Gasteiger partial charge on any atom is -0.354 e. The van der Waals surface area contributed by atoms with Crippen LogP contribution in [-0.2, 0) is 26.2 Å². The average Bonchev–Trinajstić information content (AvgIpc) is 2.90. The van der Waals surface area contributed by atoms with Crippen molar-refractivity contribution in [2.24, 2.45) is 5.92 Å². The van der Waals surface area contributed by atoms with Gasteiger partial charge in [0.15, 0.2) is 0 Å². The lowest BCUT2D eigenvalue weighted by Gasteiger charge is -2.32. The molecular formula is C28H30Cl2FN3O4S. The van der Waals surface area contributed by atoms with Crippen molar-refractivity contribution in [1.29, 1.82) is 0 Å². The Morgan fingerprint density at radius 1 is 0.949 bits per heavy atom. The number of carbonyl (C=O) groups is 2. The van der Waals surface area contributed by atoms with Crippen molar-refractivity contribution in [1.82, 2.24) is 10.2 Å². The van der Waals surface area contributed by atoms with E-state index < -0.39 is 40.2 Å². The normalized spacial score (nSPS) is 12.2. The molecule has 0 aliphatic heterocycles. The number of halogens is 3. The first-order valence-corrected chi connectivity index (χ1v) is 14.4. The molecule has 0 spiro atoms. The van der Waals surface area contributed by atoms with Crippen molar-refractivity contribution >= 4 is 50.7 Å². The number of nitrogens with zero attached hydrogens (tertiary/aromatic N) is 2. The summed E-state index contributed by atoms with van der Waals surface area (Å²) in [6.07, 6.45) is 0. The molecular weight excluding hydrogens is 564 g/mol. The molecule has 3 aromatic rings. The minimum atomic E-state index is -4.28. The maximum Gasteiger partial charge on any atom is 0.264 e. The second kappa shape index (κ2) is 13.3. The molecule has 7 nitrogen and oxygen atoms in total. The first-order chi connectivity index (χ1) is 18.4. The fourth-order valence-electron chi connectivity index (χ4n) is 3.76. The molecule has 0 saturated carbocycles. The SMILES string of the molecule is CC(C)CNC(=O)[C@@H](C)N(Cc1ccccc1F)C(=O)CN(c1ccc(Cl)cc1Cl)S(=O)(=O)c1ccccc1. The Morgan fingerprint density at radius 2 is 1.59 bits per heavy atom. The van der Waals surface area contributed by atoms with Crippen molar-refractivity contribution in [3.05, 3.63) is 94.2 Å². The monoisotopic (exact) mass is 593 g/mol. The number of sulfonamides is 1. The van der Waals surface area contributed by atoms with Crippen LogP contribution in [0.25, 0.3) is 0 Å². The molecule has 0 bridgehead atoms. The summed E-state index contributed by atoms with van der Waals surface area (Å²) in [4.78, 5) is 27.9. The molecule has 208 valence electrons. The highest BCUT2D eigenvalue weighted by molar-refractivity contribution is 7.92. The topological polar surface area (TPSA) is 86.8 Å². The molecule has 0 aliphatic rings. The lowest BCUT2D eigenvalue weighted by Crippen LogP contribution is -2.51. The van der Waals surface area contributed by atoms with E-state index in [1.54, 1.807) is 24.3 Å². The molecule has 2 amide bonds. The van der Waals surface area contributed by atoms with Crippen molar-refractivity contribution < 1.29 is 22.4 Å². The summed E-state index contributed by atoms with van der Waals surface area (Å²) in [7, 11) is -4.28. The Bertz CT molecular complexity index is 1420. The largest absolute Gasteiger partial charge is 0.354 e. The number of rotatable bonds is 11. The van der Waals surface area contributed by atoms with Gasteiger partial charge in [-0.05, 0) is 49.2 Å². The Morgan fingerprint density at radius 3 is 2.21 bits per heavy atom. The second-order valence-electron chi connectivity index (χ2n) is 9.35. The van der Waals surface area contributed by atoms with Crippen LogP contribution in [0.3, 0.4) is 0 Å². The summed E-state index contributed by atoms with van der Waals surface area (Å²) in [5, 5.41) is 3.07. The van der Waals surface area contributed by atoms with E-state index in [0.717, 1.165) is 9.21 Å². The zero-order chi connectivity index (χ0) is 28.7. The van der Waals surface area contributed by atoms with Gasteiger partial charge in [-0.3, -0.25) is 13.9 Å². The van der Waals surface area contributed by atoms with E-state index in [-0.39, 0.29) is 38.7 Å². The quantitative estimate of drug-likeness (QED) is 0.317. The highest BCUT2D eigenvalue weighted by Crippen LogP contribution is 2.33. The molecule has 39 heavy (non-hydrogen) atoms. The third-order valence-corrected chi connectivity index (χ3v) is 8.25. The van der Waals surface area contributed by atoms with Gasteiger partial charge in [0.25, 0.3) is 10.0 Å². The minimum absolute atomic E-state index is 0.0122. The second-order valence-corrected chi connectivity index (χ2v) is 12.1. The van der Waals surface area contributed by atoms with Gasteiger partial charge in [-0.25, -0.2) is 12.8 Å². The molecule has 0 saturated heterocycles. The lowest BCUT2D eigenvalue weighted by molar-refractivity contribution is -0.139. The number of anilines is 1. The fraction of sp³-hybridized carbons (Fsp3) is 0.286. The Balaban J connectivity index is 2.04. The maximum absolute atomic E-state index is 14.6. The van der Waals surface area contributed by atoms with E-state index in [1.165, 1.54) is 55.5 Å². The van der Waals surface area contributed by atoms with Crippen LogP contribution in [0.5, 0.6) is 0 Å². The third-order valence-electron chi connectivity index (χ3n) is 5.94. The maximum atomic E-state index is 14.6. The summed E-state index contributed by atoms with van der Waals surface area (Å²) in [5.74, 6) is -1.57. The fourth-order valence-corrected chi connectivity index (χ4v) is 5.78. The molecule has 3 rings (SSSR count). The van der Waals surface area contributed by atoms with E-state index in [9.17, 15) is 22.4 Å². The average molecular weight is 595 g/mol. The van der Waals surface area contributed by atoms with Crippen LogP contribution >= 0.6 is 23.2 Å². The van der Waals surface area contributed by atoms with Gasteiger partial charge in [0.05, 0.1) is 15.6 Å². The molecule has 0 fully saturated rings. The first kappa shape index (κ1) is 30.4. The molecule has 0 aliphatic carbocycles. The molecule has 0 radical (unpaired) electrons. The smallest absolute Gasteiger partial charge is 0.264 e. The number of carbonyl (C=O) groups excluding carboxylic acids is 2. The standard InChI is InChI=1S/C28H30Cl2FN3O4S/c1-19(2)16-32-28(36)20(3)33(17-21-9-7-8-12-25(21)31)27(35)18-34(26-14-13-22(29)15-24(26)30)39(37,38)23-10-5-4-6-11-23/h4-15,19-20H,16-18H2,1-3H3,(H,32,36)/t20-/m1/s1. The van der Waals surface area contributed by atoms with Crippen molar-refractivity contribution in [3.8, 4) is 0 Å². The Labute approximate surface area is 238 Å². The third kappa shape index (κ3) is 7.71. The van der Waals surface area contributed by atoms with Crippen LogP contribution < -0.4 is 9.62 Å². The number of hydrogen-bond acceptors (Lipinski definition) is 4. The lowest BCUT2D eigenvalue weighted by atomic mass is 10.1. The van der Waals surface area contributed by atoms with Crippen LogP contribution in [-0.4, -0.2) is 44.3 Å². The number of hydrogen-bond donors (Lipinski definition) is 1. The van der Waals surface area contributed by atoms with Gasteiger partial charge in [-0.1, -0.05) is 73.4 Å². The molecule has 1 atom stereocenters. The first-order valence-electron chi connectivity index (χ1n) is 12.2. The Kier molecular flexibility index (Phi) is 10.4. The van der Waals surface area contributed by atoms with Gasteiger partial charge in [0.2, 0.25) is 11.8 Å². The van der Waals surface area contributed by atoms with Crippen LogP contribution in [0.15, 0.2) is 77.7 Å². The number of nitrogens with one attached hydrogen (secondary N) is 1. The van der Waals surface area contributed by atoms with Crippen molar-refractivity contribution in [3.63, 3.8) is 0 Å². The van der Waals surface area contributed by atoms with Gasteiger partial charge in [-0.2, -0.15) is 0 Å². The summed E-state index contributed by atoms with van der Waals surface area (Å²) in [6, 6.07) is 16.7. The van der Waals surface area contributed by atoms with Crippen LogP contribution in [0.1, 0.15) is 26.3 Å².